The Bertz CT molecular complexity index is 631. The van der Waals surface area contributed by atoms with Gasteiger partial charge in [-0.15, -0.1) is 0 Å². The Kier molecular flexibility index (Phi) is 5.87. The molecule has 1 heterocycles. The van der Waals surface area contributed by atoms with Crippen molar-refractivity contribution in [3.05, 3.63) is 35.5 Å². The first kappa shape index (κ1) is 16.0. The lowest BCUT2D eigenvalue weighted by atomic mass is 9.92. The summed E-state index contributed by atoms with van der Waals surface area (Å²) >= 11 is 0. The van der Waals surface area contributed by atoms with Gasteiger partial charge in [-0.25, -0.2) is 0 Å². The summed E-state index contributed by atoms with van der Waals surface area (Å²) in [6.07, 6.45) is 4.83. The van der Waals surface area contributed by atoms with Gasteiger partial charge in [0, 0.05) is 41.4 Å². The first-order chi connectivity index (χ1) is 10.9. The maximum Gasteiger partial charge on any atom is 0.0726 e. The minimum Gasteiger partial charge on any atom is -0.383 e. The molecule has 3 nitrogen and oxygen atoms in total. The number of hydrogen-bond acceptors (Lipinski definition) is 5. The van der Waals surface area contributed by atoms with E-state index in [1.807, 2.05) is 21.6 Å². The minimum absolute atomic E-state index is 0.758. The average molecular weight is 334 g/mol. The molecule has 3 rings (SSSR count). The second kappa shape index (κ2) is 8.09. The second-order valence-corrected chi connectivity index (χ2v) is 8.20. The van der Waals surface area contributed by atoms with Crippen LogP contribution in [-0.2, 0) is 12.8 Å². The molecule has 0 saturated heterocycles. The fourth-order valence-electron chi connectivity index (χ4n) is 2.96. The molecular formula is C17H23N3S2. The van der Waals surface area contributed by atoms with Crippen LogP contribution in [0.4, 0.5) is 5.69 Å². The number of nitrogens with zero attached hydrogens (tertiary/aromatic N) is 1. The predicted molar refractivity (Wildman–Crippen MR) is 101 cm³/mol. The topological polar surface area (TPSA) is 50.9 Å². The van der Waals surface area contributed by atoms with Crippen molar-refractivity contribution in [1.82, 2.24) is 4.98 Å². The van der Waals surface area contributed by atoms with Gasteiger partial charge < -0.3 is 11.1 Å². The molecule has 0 fully saturated rings. The summed E-state index contributed by atoms with van der Waals surface area (Å²) in [7, 11) is 3.76. The molecule has 2 aromatic rings. The van der Waals surface area contributed by atoms with E-state index in [1.165, 1.54) is 35.2 Å². The number of para-hydroxylation sites is 1. The van der Waals surface area contributed by atoms with Crippen molar-refractivity contribution in [2.24, 2.45) is 5.73 Å². The Hall–Kier alpha value is -0.910. The minimum atomic E-state index is 0.758. The molecule has 3 N–H and O–H groups in total. The first-order valence-electron chi connectivity index (χ1n) is 7.99. The molecule has 0 aliphatic heterocycles. The molecule has 0 spiro atoms. The fraction of sp³-hybridized carbons (Fsp3) is 0.471. The van der Waals surface area contributed by atoms with Gasteiger partial charge in [-0.3, -0.25) is 4.98 Å². The molecular weight excluding hydrogens is 310 g/mol. The van der Waals surface area contributed by atoms with Gasteiger partial charge in [-0.1, -0.05) is 39.8 Å². The number of rotatable bonds is 7. The number of nitrogens with one attached hydrogen (secondary N) is 1. The summed E-state index contributed by atoms with van der Waals surface area (Å²) in [4.78, 5) is 4.88. The standard InChI is InChI=1S/C17H23N3S2/c18-9-11-21-22-12-10-19-17-13-5-1-3-7-15(13)20-16-8-4-2-6-14(16)17/h1,3,5,7H,2,4,6,8-12,18H2,(H,19,20). The highest BCUT2D eigenvalue weighted by Crippen LogP contribution is 2.33. The highest BCUT2D eigenvalue weighted by Gasteiger charge is 2.17. The first-order valence-corrected chi connectivity index (χ1v) is 10.5. The molecule has 0 unspecified atom stereocenters. The number of pyridine rings is 1. The summed E-state index contributed by atoms with van der Waals surface area (Å²) < 4.78 is 0. The van der Waals surface area contributed by atoms with Gasteiger partial charge in [0.2, 0.25) is 0 Å². The van der Waals surface area contributed by atoms with Crippen molar-refractivity contribution in [2.75, 3.05) is 29.9 Å². The second-order valence-electron chi connectivity index (χ2n) is 5.50. The highest BCUT2D eigenvalue weighted by molar-refractivity contribution is 8.76. The van der Waals surface area contributed by atoms with E-state index in [-0.39, 0.29) is 0 Å². The van der Waals surface area contributed by atoms with E-state index in [4.69, 9.17) is 10.7 Å². The zero-order valence-electron chi connectivity index (χ0n) is 12.8. The molecule has 0 atom stereocenters. The van der Waals surface area contributed by atoms with Gasteiger partial charge in [-0.05, 0) is 37.3 Å². The highest BCUT2D eigenvalue weighted by atomic mass is 33.1. The van der Waals surface area contributed by atoms with E-state index in [0.29, 0.717) is 0 Å². The van der Waals surface area contributed by atoms with Gasteiger partial charge in [0.15, 0.2) is 0 Å². The lowest BCUT2D eigenvalue weighted by molar-refractivity contribution is 0.672. The van der Waals surface area contributed by atoms with Crippen LogP contribution < -0.4 is 11.1 Å². The number of aromatic nitrogens is 1. The van der Waals surface area contributed by atoms with Crippen LogP contribution in [0.25, 0.3) is 10.9 Å². The van der Waals surface area contributed by atoms with Gasteiger partial charge in [0.1, 0.15) is 0 Å². The molecule has 0 radical (unpaired) electrons. The number of fused-ring (bicyclic) bond motifs is 2. The Morgan fingerprint density at radius 3 is 2.82 bits per heavy atom. The largest absolute Gasteiger partial charge is 0.383 e. The van der Waals surface area contributed by atoms with E-state index in [1.54, 1.807) is 0 Å². The predicted octanol–water partition coefficient (Wildman–Crippen LogP) is 3.87. The molecule has 22 heavy (non-hydrogen) atoms. The van der Waals surface area contributed by atoms with Gasteiger partial charge in [0.05, 0.1) is 5.52 Å². The van der Waals surface area contributed by atoms with Crippen molar-refractivity contribution in [3.63, 3.8) is 0 Å². The molecule has 5 heteroatoms. The normalized spacial score (nSPS) is 14.0. The summed E-state index contributed by atoms with van der Waals surface area (Å²) in [6.45, 7) is 1.75. The van der Waals surface area contributed by atoms with Crippen LogP contribution in [0.2, 0.25) is 0 Å². The number of nitrogens with two attached hydrogens (primary N) is 1. The third kappa shape index (κ3) is 3.70. The van der Waals surface area contributed by atoms with E-state index in [9.17, 15) is 0 Å². The van der Waals surface area contributed by atoms with Crippen molar-refractivity contribution in [3.8, 4) is 0 Å². The Balaban J connectivity index is 1.77. The SMILES string of the molecule is NCCSSCCNc1c2c(nc3ccccc13)CCCC2. The molecule has 1 aromatic carbocycles. The Morgan fingerprint density at radius 2 is 1.91 bits per heavy atom. The van der Waals surface area contributed by atoms with Gasteiger partial charge in [-0.2, -0.15) is 0 Å². The van der Waals surface area contributed by atoms with Crippen LogP contribution in [-0.4, -0.2) is 29.6 Å². The quantitative estimate of drug-likeness (QED) is 0.595. The molecule has 0 bridgehead atoms. The lowest BCUT2D eigenvalue weighted by Gasteiger charge is -2.21. The summed E-state index contributed by atoms with van der Waals surface area (Å²) in [5.41, 5.74) is 10.7. The zero-order valence-corrected chi connectivity index (χ0v) is 14.4. The van der Waals surface area contributed by atoms with Crippen LogP contribution in [0.1, 0.15) is 24.1 Å². The van der Waals surface area contributed by atoms with Gasteiger partial charge in [0.25, 0.3) is 0 Å². The number of benzene rings is 1. The van der Waals surface area contributed by atoms with Crippen molar-refractivity contribution < 1.29 is 0 Å². The molecule has 118 valence electrons. The Labute approximate surface area is 140 Å². The van der Waals surface area contributed by atoms with Crippen molar-refractivity contribution >= 4 is 38.2 Å². The molecule has 0 amide bonds. The lowest BCUT2D eigenvalue weighted by Crippen LogP contribution is -2.13. The fourth-order valence-corrected chi connectivity index (χ4v) is 4.72. The van der Waals surface area contributed by atoms with Crippen molar-refractivity contribution in [1.29, 1.82) is 0 Å². The third-order valence-electron chi connectivity index (χ3n) is 3.94. The number of anilines is 1. The van der Waals surface area contributed by atoms with Crippen LogP contribution in [0.3, 0.4) is 0 Å². The summed E-state index contributed by atoms with van der Waals surface area (Å²) in [6, 6.07) is 8.50. The number of hydrogen-bond donors (Lipinski definition) is 2. The van der Waals surface area contributed by atoms with Crippen molar-refractivity contribution in [2.45, 2.75) is 25.7 Å². The average Bonchev–Trinajstić information content (AvgIpc) is 2.57. The third-order valence-corrected chi connectivity index (χ3v) is 6.38. The van der Waals surface area contributed by atoms with Crippen LogP contribution in [0.15, 0.2) is 24.3 Å². The van der Waals surface area contributed by atoms with Crippen LogP contribution in [0, 0.1) is 0 Å². The van der Waals surface area contributed by atoms with E-state index in [0.717, 1.165) is 43.0 Å². The molecule has 1 aliphatic carbocycles. The zero-order chi connectivity index (χ0) is 15.2. The molecule has 1 aromatic heterocycles. The monoisotopic (exact) mass is 333 g/mol. The van der Waals surface area contributed by atoms with Gasteiger partial charge >= 0.3 is 0 Å². The maximum absolute atomic E-state index is 5.52. The van der Waals surface area contributed by atoms with Crippen LogP contribution in [0.5, 0.6) is 0 Å². The van der Waals surface area contributed by atoms with Crippen LogP contribution >= 0.6 is 21.6 Å². The smallest absolute Gasteiger partial charge is 0.0726 e. The van der Waals surface area contributed by atoms with E-state index in [2.05, 4.69) is 29.6 Å². The van der Waals surface area contributed by atoms with E-state index < -0.39 is 0 Å². The summed E-state index contributed by atoms with van der Waals surface area (Å²) in [5.74, 6) is 2.12. The molecule has 1 aliphatic rings. The summed E-state index contributed by atoms with van der Waals surface area (Å²) in [5, 5.41) is 4.95. The van der Waals surface area contributed by atoms with E-state index >= 15 is 0 Å². The number of aryl methyl sites for hydroxylation is 1. The maximum atomic E-state index is 5.52. The Morgan fingerprint density at radius 1 is 1.09 bits per heavy atom. The molecule has 0 saturated carbocycles.